The fourth-order valence-corrected chi connectivity index (χ4v) is 0. The summed E-state index contributed by atoms with van der Waals surface area (Å²) in [4.78, 5) is 8.89. The van der Waals surface area contributed by atoms with E-state index in [4.69, 9.17) is 22.9 Å². The molecule has 0 radical (unpaired) electrons. The Morgan fingerprint density at radius 1 is 1.56 bits per heavy atom. The summed E-state index contributed by atoms with van der Waals surface area (Å²) < 4.78 is 24.2. The van der Waals surface area contributed by atoms with Crippen LogP contribution in [0.15, 0.2) is 0 Å². The summed E-state index contributed by atoms with van der Waals surface area (Å²) in [5, 5.41) is 8.89. The average Bonchev–Trinajstić information content (AvgIpc) is 1.25. The molecular weight excluding hydrogens is 175 g/mol. The van der Waals surface area contributed by atoms with E-state index in [1.807, 2.05) is 0 Å². The molecule has 0 spiro atoms. The van der Waals surface area contributed by atoms with Gasteiger partial charge in [0.25, 0.3) is 11.0 Å². The Bertz CT molecular complexity index is 117. The number of carboxylic acid groups (broad SMARTS) is 1. The van der Waals surface area contributed by atoms with E-state index in [0.29, 0.717) is 0 Å². The molecule has 0 aromatic rings. The third-order valence-electron chi connectivity index (χ3n) is 0. The fraction of sp³-hybridized carbons (Fsp3) is 0.500. The number of thiol groups is 1. The van der Waals surface area contributed by atoms with Gasteiger partial charge in [0.1, 0.15) is 0 Å². The van der Waals surface area contributed by atoms with E-state index in [0.717, 1.165) is 6.92 Å². The summed E-state index contributed by atoms with van der Waals surface area (Å²) in [6, 6.07) is 0. The first-order valence-corrected chi connectivity index (χ1v) is 2.60. The molecule has 0 bridgehead atoms. The zero-order valence-electron chi connectivity index (χ0n) is 5.03. The minimum Gasteiger partial charge on any atom is -0.550 e. The van der Waals surface area contributed by atoms with Gasteiger partial charge in [-0.15, -0.1) is 0 Å². The van der Waals surface area contributed by atoms with Crippen LogP contribution in [0.25, 0.3) is 0 Å². The average molecular weight is 180 g/mol. The summed E-state index contributed by atoms with van der Waals surface area (Å²) in [6.07, 6.45) is 0. The van der Waals surface area contributed by atoms with Gasteiger partial charge in [0.05, 0.1) is 0 Å². The number of aliphatic carboxylic acids is 1. The molecule has 0 aliphatic carbocycles. The van der Waals surface area contributed by atoms with E-state index in [1.165, 1.54) is 0 Å². The van der Waals surface area contributed by atoms with Crippen LogP contribution in [-0.4, -0.2) is 18.9 Å². The van der Waals surface area contributed by atoms with Crippen molar-refractivity contribution in [3.63, 3.8) is 0 Å². The third-order valence-corrected chi connectivity index (χ3v) is 0. The number of carbonyl (C=O) groups is 1. The molecule has 0 heterocycles. The molecule has 0 fully saturated rings. The normalized spacial score (nSPS) is 6.56. The van der Waals surface area contributed by atoms with Crippen molar-refractivity contribution >= 4 is 17.0 Å². The number of carboxylic acids is 1. The minimum atomic E-state index is -3.12. The Hall–Kier alpha value is 1.02. The second-order valence-corrected chi connectivity index (χ2v) is 1.21. The van der Waals surface area contributed by atoms with Crippen LogP contribution in [0.4, 0.5) is 0 Å². The molecule has 0 saturated heterocycles. The summed E-state index contributed by atoms with van der Waals surface area (Å²) in [5.41, 5.74) is 0. The van der Waals surface area contributed by atoms with Crippen molar-refractivity contribution in [2.24, 2.45) is 0 Å². The van der Waals surface area contributed by atoms with Gasteiger partial charge in [-0.05, 0) is 6.92 Å². The van der Waals surface area contributed by atoms with E-state index in [2.05, 4.69) is 0 Å². The first-order chi connectivity index (χ1) is 3.46. The molecule has 0 rings (SSSR count). The predicted molar refractivity (Wildman–Crippen MR) is 23.6 cm³/mol. The Labute approximate surface area is 96.6 Å². The van der Waals surface area contributed by atoms with Crippen LogP contribution in [0.2, 0.25) is 0 Å². The van der Waals surface area contributed by atoms with Crippen molar-refractivity contribution in [2.45, 2.75) is 6.92 Å². The van der Waals surface area contributed by atoms with Crippen LogP contribution >= 0.6 is 0 Å². The zero-order chi connectivity index (χ0) is 7.15. The summed E-state index contributed by atoms with van der Waals surface area (Å²) in [7, 11) is -3.12. The van der Waals surface area contributed by atoms with Gasteiger partial charge in [-0.2, -0.15) is 0 Å². The number of hydrogen-bond donors (Lipinski definition) is 2. The second-order valence-electron chi connectivity index (χ2n) is 0.729. The van der Waals surface area contributed by atoms with Gasteiger partial charge < -0.3 is 9.90 Å². The standard InChI is InChI=1S/C2H4O2.K.H2O3S/c1-2(3)4;;1-4(2)3/h1H3,(H,3,4);;4H,(H,1,2,3)/q;+1;/p-1. The van der Waals surface area contributed by atoms with Crippen LogP contribution in [0.1, 0.15) is 6.92 Å². The molecule has 0 aromatic heterocycles. The molecule has 7 heteroatoms. The Kier molecular flexibility index (Phi) is 21.6. The quantitative estimate of drug-likeness (QED) is 0.221. The maximum Gasteiger partial charge on any atom is 1.00 e. The Morgan fingerprint density at radius 2 is 1.56 bits per heavy atom. The largest absolute Gasteiger partial charge is 1.00 e. The summed E-state index contributed by atoms with van der Waals surface area (Å²) >= 11 is 0. The molecular formula is C2H5KO5S. The maximum atomic E-state index is 8.89. The molecule has 50 valence electrons. The number of hydrogen-bond acceptors (Lipinski definition) is 4. The van der Waals surface area contributed by atoms with Gasteiger partial charge in [-0.1, -0.05) is 0 Å². The monoisotopic (exact) mass is 180 g/mol. The molecule has 5 nitrogen and oxygen atoms in total. The van der Waals surface area contributed by atoms with Crippen molar-refractivity contribution in [1.82, 2.24) is 0 Å². The van der Waals surface area contributed by atoms with Crippen LogP contribution in [-0.2, 0) is 15.8 Å². The van der Waals surface area contributed by atoms with E-state index in [9.17, 15) is 0 Å². The third kappa shape index (κ3) is 430. The van der Waals surface area contributed by atoms with Crippen molar-refractivity contribution in [1.29, 1.82) is 0 Å². The Morgan fingerprint density at radius 3 is 1.56 bits per heavy atom. The topological polar surface area (TPSA) is 94.5 Å². The van der Waals surface area contributed by atoms with Gasteiger partial charge in [0, 0.05) is 5.97 Å². The van der Waals surface area contributed by atoms with Crippen LogP contribution in [0.5, 0.6) is 0 Å². The van der Waals surface area contributed by atoms with Crippen LogP contribution < -0.4 is 56.5 Å². The molecule has 0 unspecified atom stereocenters. The Balaban J connectivity index is -0.0000000720. The van der Waals surface area contributed by atoms with E-state index in [-0.39, 0.29) is 51.4 Å². The smallest absolute Gasteiger partial charge is 0.550 e. The van der Waals surface area contributed by atoms with E-state index >= 15 is 0 Å². The SMILES string of the molecule is CC(=O)[O-].O=[SH](=O)O.[K+]. The van der Waals surface area contributed by atoms with Gasteiger partial charge in [0.2, 0.25) is 0 Å². The predicted octanol–water partition coefficient (Wildman–Crippen LogP) is -5.17. The fourth-order valence-electron chi connectivity index (χ4n) is 0. The summed E-state index contributed by atoms with van der Waals surface area (Å²) in [5.74, 6) is -1.08. The zero-order valence-corrected chi connectivity index (χ0v) is 9.04. The van der Waals surface area contributed by atoms with Gasteiger partial charge in [-0.25, -0.2) is 8.42 Å². The minimum absolute atomic E-state index is 0. The molecule has 0 aliphatic rings. The van der Waals surface area contributed by atoms with Crippen LogP contribution in [0, 0.1) is 0 Å². The van der Waals surface area contributed by atoms with Gasteiger partial charge in [-0.3, -0.25) is 4.55 Å². The maximum absolute atomic E-state index is 8.89. The number of rotatable bonds is 0. The van der Waals surface area contributed by atoms with Crippen molar-refractivity contribution in [2.75, 3.05) is 0 Å². The van der Waals surface area contributed by atoms with E-state index in [1.54, 1.807) is 0 Å². The molecule has 0 amide bonds. The second kappa shape index (κ2) is 11.8. The molecule has 0 aliphatic heterocycles. The first kappa shape index (κ1) is 16.5. The summed E-state index contributed by atoms with van der Waals surface area (Å²) in [6.45, 7) is 0.972. The van der Waals surface area contributed by atoms with Crippen molar-refractivity contribution < 1.29 is 74.3 Å². The molecule has 0 saturated carbocycles. The molecule has 0 atom stereocenters. The molecule has 9 heavy (non-hydrogen) atoms. The van der Waals surface area contributed by atoms with E-state index < -0.39 is 17.0 Å². The molecule has 0 aromatic carbocycles. The first-order valence-electron chi connectivity index (χ1n) is 1.47. The van der Waals surface area contributed by atoms with Crippen LogP contribution in [0.3, 0.4) is 0 Å². The molecule has 1 N–H and O–H groups in total. The number of carbonyl (C=O) groups excluding carboxylic acids is 1. The van der Waals surface area contributed by atoms with Gasteiger partial charge >= 0.3 is 51.4 Å². The van der Waals surface area contributed by atoms with Gasteiger partial charge in [0.15, 0.2) is 0 Å². The van der Waals surface area contributed by atoms with Crippen molar-refractivity contribution in [3.8, 4) is 0 Å². The van der Waals surface area contributed by atoms with Crippen molar-refractivity contribution in [3.05, 3.63) is 0 Å².